The number of hydrogen-bond donors (Lipinski definition) is 2. The first kappa shape index (κ1) is 42.4. The van der Waals surface area contributed by atoms with Crippen molar-refractivity contribution in [2.45, 2.75) is 6.42 Å². The molecule has 0 bridgehead atoms. The van der Waals surface area contributed by atoms with Crippen LogP contribution in [0.1, 0.15) is 6.42 Å². The molecule has 0 unspecified atom stereocenters. The summed E-state index contributed by atoms with van der Waals surface area (Å²) in [6, 6.07) is 16.0. The Morgan fingerprint density at radius 1 is 0.509 bits per heavy atom. The van der Waals surface area contributed by atoms with Crippen molar-refractivity contribution in [1.82, 2.24) is 9.97 Å². The van der Waals surface area contributed by atoms with E-state index in [4.69, 9.17) is 47.5 Å². The van der Waals surface area contributed by atoms with Crippen LogP contribution in [0, 0.1) is 0 Å². The lowest BCUT2D eigenvalue weighted by atomic mass is 10.1. The van der Waals surface area contributed by atoms with E-state index < -0.39 is 20.2 Å². The summed E-state index contributed by atoms with van der Waals surface area (Å²) < 4.78 is 84.7. The molecule has 18 heteroatoms. The molecule has 0 atom stereocenters. The zero-order chi connectivity index (χ0) is 39.3. The van der Waals surface area contributed by atoms with Gasteiger partial charge in [-0.15, -0.1) is 0 Å². The van der Waals surface area contributed by atoms with Crippen molar-refractivity contribution in [2.75, 3.05) is 91.1 Å². The largest absolute Gasteiger partial charge is 0.493 e. The summed E-state index contributed by atoms with van der Waals surface area (Å²) in [4.78, 5) is 14.3. The molecule has 1 aliphatic heterocycles. The highest BCUT2D eigenvalue weighted by atomic mass is 32.2. The van der Waals surface area contributed by atoms with Crippen molar-refractivity contribution < 1.29 is 54.4 Å². The van der Waals surface area contributed by atoms with Gasteiger partial charge in [-0.3, -0.25) is 9.11 Å². The molecule has 0 radical (unpaired) electrons. The van der Waals surface area contributed by atoms with Crippen molar-refractivity contribution in [1.29, 1.82) is 0 Å². The van der Waals surface area contributed by atoms with Crippen molar-refractivity contribution in [2.24, 2.45) is 0 Å². The Morgan fingerprint density at radius 3 is 1.04 bits per heavy atom. The lowest BCUT2D eigenvalue weighted by molar-refractivity contribution is 0.324. The molecule has 53 heavy (non-hydrogen) atoms. The van der Waals surface area contributed by atoms with Crippen LogP contribution in [0.25, 0.3) is 22.3 Å². The molecule has 0 aliphatic carbocycles. The Hall–Kier alpha value is -5.04. The lowest BCUT2D eigenvalue weighted by Crippen LogP contribution is -2.31. The molecule has 16 nitrogen and oxygen atoms in total. The molecule has 2 aromatic carbocycles. The number of nitrogens with zero attached hydrogens (tertiary/aromatic N) is 4. The van der Waals surface area contributed by atoms with Gasteiger partial charge in [0.25, 0.3) is 20.2 Å². The molecule has 1 fully saturated rings. The summed E-state index contributed by atoms with van der Waals surface area (Å²) in [6.07, 6.45) is 6.21. The Kier molecular flexibility index (Phi) is 15.3. The molecular weight excluding hydrogens is 733 g/mol. The van der Waals surface area contributed by atoms with E-state index in [0.29, 0.717) is 47.0 Å². The zero-order valence-corrected chi connectivity index (χ0v) is 32.5. The summed E-state index contributed by atoms with van der Waals surface area (Å²) in [7, 11) is 2.33. The monoisotopic (exact) mass is 778 g/mol. The van der Waals surface area contributed by atoms with E-state index in [9.17, 15) is 16.8 Å². The van der Waals surface area contributed by atoms with Gasteiger partial charge >= 0.3 is 0 Å². The number of pyridine rings is 2. The van der Waals surface area contributed by atoms with Crippen LogP contribution in [0.3, 0.4) is 0 Å². The zero-order valence-electron chi connectivity index (χ0n) is 30.9. The third-order valence-electron chi connectivity index (χ3n) is 7.64. The highest BCUT2D eigenvalue weighted by molar-refractivity contribution is 7.85. The number of rotatable bonds is 10. The average molecular weight is 779 g/mol. The van der Waals surface area contributed by atoms with E-state index in [1.54, 1.807) is 42.7 Å². The molecule has 5 rings (SSSR count). The van der Waals surface area contributed by atoms with Crippen LogP contribution in [0.2, 0.25) is 0 Å². The molecule has 2 aromatic heterocycles. The standard InChI is InChI=1S/C33H38N4O6.2CH4O3S/c1-38-26-16-24(17-27(39-2)32(26)42-5)22-8-10-30(34-20-22)36-12-7-13-37(15-14-36)31-11-9-23(21-35-31)25-18-28(40-3)33(43-6)29(19-25)41-4;2*1-5(2,3)4/h8-11,16-21H,7,12-15H2,1-6H3;2*1H3,(H,2,3,4). The first-order valence-electron chi connectivity index (χ1n) is 15.9. The van der Waals surface area contributed by atoms with Crippen LogP contribution >= 0.6 is 0 Å². The fourth-order valence-corrected chi connectivity index (χ4v) is 5.36. The molecular formula is C35H46N4O12S2. The van der Waals surface area contributed by atoms with Crippen molar-refractivity contribution in [3.63, 3.8) is 0 Å². The second-order valence-corrected chi connectivity index (χ2v) is 14.4. The number of anilines is 2. The summed E-state index contributed by atoms with van der Waals surface area (Å²) >= 11 is 0. The minimum Gasteiger partial charge on any atom is -0.493 e. The van der Waals surface area contributed by atoms with Crippen LogP contribution in [0.4, 0.5) is 11.6 Å². The Bertz CT molecular complexity index is 1800. The van der Waals surface area contributed by atoms with Gasteiger partial charge in [-0.1, -0.05) is 0 Å². The molecule has 1 aliphatic rings. The van der Waals surface area contributed by atoms with Gasteiger partial charge in [-0.25, -0.2) is 9.97 Å². The van der Waals surface area contributed by atoms with E-state index >= 15 is 0 Å². The minimum absolute atomic E-state index is 0.567. The van der Waals surface area contributed by atoms with Crippen LogP contribution in [-0.2, 0) is 20.2 Å². The van der Waals surface area contributed by atoms with E-state index in [1.165, 1.54) is 0 Å². The smallest absolute Gasteiger partial charge is 0.261 e. The Balaban J connectivity index is 0.000000669. The normalized spacial score (nSPS) is 12.9. The number of aromatic nitrogens is 2. The van der Waals surface area contributed by atoms with Crippen LogP contribution in [0.15, 0.2) is 60.9 Å². The Labute approximate surface area is 310 Å². The maximum absolute atomic E-state index is 9.19. The minimum atomic E-state index is -3.67. The van der Waals surface area contributed by atoms with Crippen molar-refractivity contribution in [3.05, 3.63) is 60.9 Å². The summed E-state index contributed by atoms with van der Waals surface area (Å²) in [6.45, 7) is 3.51. The van der Waals surface area contributed by atoms with E-state index in [1.807, 2.05) is 36.7 Å². The fourth-order valence-electron chi connectivity index (χ4n) is 5.36. The van der Waals surface area contributed by atoms with Gasteiger partial charge in [0.1, 0.15) is 11.6 Å². The third kappa shape index (κ3) is 12.8. The molecule has 290 valence electrons. The maximum atomic E-state index is 9.19. The number of ether oxygens (including phenoxy) is 6. The van der Waals surface area contributed by atoms with Gasteiger partial charge in [0.15, 0.2) is 23.0 Å². The quantitative estimate of drug-likeness (QED) is 0.212. The molecule has 0 spiro atoms. The SMILES string of the molecule is COc1cc(-c2ccc(N3CCCN(c4ccc(-c5cc(OC)c(OC)c(OC)c5)cn4)CC3)nc2)cc(OC)c1OC.CS(=O)(=O)O.CS(=O)(=O)O. The van der Waals surface area contributed by atoms with Gasteiger partial charge in [-0.2, -0.15) is 16.8 Å². The van der Waals surface area contributed by atoms with Crippen LogP contribution in [-0.4, -0.2) is 117 Å². The molecule has 0 amide bonds. The van der Waals surface area contributed by atoms with Gasteiger partial charge in [-0.05, 0) is 66.1 Å². The second-order valence-electron chi connectivity index (χ2n) is 11.4. The maximum Gasteiger partial charge on any atom is 0.261 e. The molecule has 3 heterocycles. The molecule has 2 N–H and O–H groups in total. The number of benzene rings is 2. The van der Waals surface area contributed by atoms with Crippen molar-refractivity contribution in [3.8, 4) is 56.8 Å². The lowest BCUT2D eigenvalue weighted by Gasteiger charge is -2.24. The topological polar surface area (TPSA) is 196 Å². The molecule has 4 aromatic rings. The highest BCUT2D eigenvalue weighted by Crippen LogP contribution is 2.42. The summed E-state index contributed by atoms with van der Waals surface area (Å²) in [5.74, 6) is 5.47. The van der Waals surface area contributed by atoms with Crippen molar-refractivity contribution >= 4 is 31.9 Å². The predicted molar refractivity (Wildman–Crippen MR) is 203 cm³/mol. The molecule has 1 saturated heterocycles. The van der Waals surface area contributed by atoms with Gasteiger partial charge < -0.3 is 38.2 Å². The average Bonchev–Trinajstić information content (AvgIpc) is 3.39. The highest BCUT2D eigenvalue weighted by Gasteiger charge is 2.19. The summed E-state index contributed by atoms with van der Waals surface area (Å²) in [5.41, 5.74) is 3.82. The predicted octanol–water partition coefficient (Wildman–Crippen LogP) is 4.59. The fraction of sp³-hybridized carbons (Fsp3) is 0.371. The van der Waals surface area contributed by atoms with Crippen LogP contribution in [0.5, 0.6) is 34.5 Å². The first-order valence-corrected chi connectivity index (χ1v) is 19.6. The van der Waals surface area contributed by atoms with Crippen LogP contribution < -0.4 is 38.2 Å². The Morgan fingerprint density at radius 2 is 0.811 bits per heavy atom. The number of methoxy groups -OCH3 is 6. The van der Waals surface area contributed by atoms with Gasteiger partial charge in [0.2, 0.25) is 11.5 Å². The van der Waals surface area contributed by atoms with E-state index in [2.05, 4.69) is 34.1 Å². The molecule has 0 saturated carbocycles. The third-order valence-corrected chi connectivity index (χ3v) is 7.64. The second kappa shape index (κ2) is 19.2. The summed E-state index contributed by atoms with van der Waals surface area (Å²) in [5, 5.41) is 0. The van der Waals surface area contributed by atoms with E-state index in [-0.39, 0.29) is 0 Å². The number of hydrogen-bond acceptors (Lipinski definition) is 14. The van der Waals surface area contributed by atoms with E-state index in [0.717, 1.165) is 66.5 Å². The first-order chi connectivity index (χ1) is 25.0. The van der Waals surface area contributed by atoms with Gasteiger partial charge in [0.05, 0.1) is 55.2 Å². The van der Waals surface area contributed by atoms with Gasteiger partial charge in [0, 0.05) is 49.7 Å².